The number of hydrogen-bond acceptors (Lipinski definition) is 5. The highest BCUT2D eigenvalue weighted by molar-refractivity contribution is 6.10. The lowest BCUT2D eigenvalue weighted by Crippen LogP contribution is -2.37. The van der Waals surface area contributed by atoms with Crippen LogP contribution in [0, 0.1) is 17.7 Å². The molecule has 1 aromatic carbocycles. The van der Waals surface area contributed by atoms with Gasteiger partial charge in [-0.05, 0) is 39.3 Å². The maximum absolute atomic E-state index is 13.7. The molecule has 0 spiro atoms. The first kappa shape index (κ1) is 19.8. The average molecular weight is 361 g/mol. The molecule has 1 heterocycles. The quantitative estimate of drug-likeness (QED) is 0.723. The van der Waals surface area contributed by atoms with Gasteiger partial charge < -0.3 is 9.47 Å². The second kappa shape index (κ2) is 8.74. The molecule has 0 saturated heterocycles. The van der Waals surface area contributed by atoms with Crippen molar-refractivity contribution in [1.82, 2.24) is 0 Å². The monoisotopic (exact) mass is 361 g/mol. The van der Waals surface area contributed by atoms with Crippen LogP contribution in [0.25, 0.3) is 5.70 Å². The fourth-order valence-electron chi connectivity index (χ4n) is 3.26. The van der Waals surface area contributed by atoms with E-state index in [0.29, 0.717) is 29.0 Å². The van der Waals surface area contributed by atoms with Gasteiger partial charge in [0.1, 0.15) is 11.7 Å². The summed E-state index contributed by atoms with van der Waals surface area (Å²) in [5, 5.41) is 0. The summed E-state index contributed by atoms with van der Waals surface area (Å²) in [6.07, 6.45) is 0.517. The number of carbonyl (C=O) groups is 2. The normalized spacial score (nSPS) is 19.8. The van der Waals surface area contributed by atoms with E-state index < -0.39 is 29.6 Å². The van der Waals surface area contributed by atoms with Crippen molar-refractivity contribution < 1.29 is 23.5 Å². The third-order valence-corrected chi connectivity index (χ3v) is 4.34. The lowest BCUT2D eigenvalue weighted by Gasteiger charge is -2.31. The summed E-state index contributed by atoms with van der Waals surface area (Å²) in [5.74, 6) is -2.47. The maximum Gasteiger partial charge on any atom is 0.336 e. The molecule has 2 unspecified atom stereocenters. The summed E-state index contributed by atoms with van der Waals surface area (Å²) in [5.41, 5.74) is 1.67. The van der Waals surface area contributed by atoms with Crippen LogP contribution in [0.4, 0.5) is 4.39 Å². The highest BCUT2D eigenvalue weighted by Crippen LogP contribution is 2.38. The molecule has 140 valence electrons. The zero-order valence-corrected chi connectivity index (χ0v) is 15.5. The third kappa shape index (κ3) is 4.00. The highest BCUT2D eigenvalue weighted by Gasteiger charge is 2.41. The van der Waals surface area contributed by atoms with Gasteiger partial charge in [-0.25, -0.2) is 9.18 Å². The molecule has 1 aliphatic heterocycles. The zero-order valence-electron chi connectivity index (χ0n) is 15.5. The van der Waals surface area contributed by atoms with Crippen molar-refractivity contribution in [2.75, 3.05) is 13.2 Å². The fourth-order valence-corrected chi connectivity index (χ4v) is 3.26. The molecule has 0 saturated carbocycles. The van der Waals surface area contributed by atoms with Crippen molar-refractivity contribution in [3.8, 4) is 0 Å². The van der Waals surface area contributed by atoms with E-state index >= 15 is 0 Å². The number of aliphatic imine (C=N–C) groups is 1. The second-order valence-electron chi connectivity index (χ2n) is 5.99. The largest absolute Gasteiger partial charge is 0.465 e. The van der Waals surface area contributed by atoms with Gasteiger partial charge in [-0.15, -0.1) is 0 Å². The van der Waals surface area contributed by atoms with Gasteiger partial charge in [-0.3, -0.25) is 9.79 Å². The Hall–Kier alpha value is -2.50. The molecule has 0 radical (unpaired) electrons. The Balaban J connectivity index is 2.64. The van der Waals surface area contributed by atoms with Gasteiger partial charge >= 0.3 is 11.9 Å². The minimum Gasteiger partial charge on any atom is -0.465 e. The summed E-state index contributed by atoms with van der Waals surface area (Å²) in [4.78, 5) is 29.6. The second-order valence-corrected chi connectivity index (χ2v) is 5.99. The molecule has 2 rings (SSSR count). The summed E-state index contributed by atoms with van der Waals surface area (Å²) in [6, 6.07) is 5.89. The first-order valence-electron chi connectivity index (χ1n) is 8.83. The lowest BCUT2D eigenvalue weighted by atomic mass is 9.77. The van der Waals surface area contributed by atoms with Crippen LogP contribution in [-0.2, 0) is 19.1 Å². The van der Waals surface area contributed by atoms with Gasteiger partial charge in [0.15, 0.2) is 0 Å². The van der Waals surface area contributed by atoms with Crippen molar-refractivity contribution in [1.29, 1.82) is 0 Å². The van der Waals surface area contributed by atoms with Crippen LogP contribution in [0.1, 0.15) is 39.7 Å². The Bertz CT molecular complexity index is 754. The van der Waals surface area contributed by atoms with E-state index in [1.165, 1.54) is 12.1 Å². The molecular weight excluding hydrogens is 337 g/mol. The number of benzene rings is 1. The first-order chi connectivity index (χ1) is 12.4. The molecule has 1 aliphatic rings. The Labute approximate surface area is 152 Å². The Morgan fingerprint density at radius 1 is 1.15 bits per heavy atom. The van der Waals surface area contributed by atoms with Gasteiger partial charge in [-0.2, -0.15) is 0 Å². The Kier molecular flexibility index (Phi) is 6.66. The Morgan fingerprint density at radius 3 is 2.42 bits per heavy atom. The predicted molar refractivity (Wildman–Crippen MR) is 97.0 cm³/mol. The lowest BCUT2D eigenvalue weighted by molar-refractivity contribution is -0.147. The number of carbonyl (C=O) groups excluding carboxylic acids is 2. The van der Waals surface area contributed by atoms with E-state index in [2.05, 4.69) is 4.99 Å². The van der Waals surface area contributed by atoms with E-state index in [1.54, 1.807) is 32.9 Å². The molecule has 6 heteroatoms. The summed E-state index contributed by atoms with van der Waals surface area (Å²) < 4.78 is 24.1. The van der Waals surface area contributed by atoms with Crippen molar-refractivity contribution in [3.05, 3.63) is 41.2 Å². The average Bonchev–Trinajstić information content (AvgIpc) is 2.60. The van der Waals surface area contributed by atoms with Crippen LogP contribution < -0.4 is 0 Å². The third-order valence-electron chi connectivity index (χ3n) is 4.34. The first-order valence-corrected chi connectivity index (χ1v) is 8.83. The fraction of sp³-hybridized carbons (Fsp3) is 0.450. The van der Waals surface area contributed by atoms with E-state index in [4.69, 9.17) is 9.47 Å². The molecule has 0 aromatic heterocycles. The molecule has 2 atom stereocenters. The van der Waals surface area contributed by atoms with Crippen molar-refractivity contribution in [2.24, 2.45) is 16.8 Å². The van der Waals surface area contributed by atoms with Gasteiger partial charge in [0.05, 0.1) is 24.5 Å². The summed E-state index contributed by atoms with van der Waals surface area (Å²) in [7, 11) is 0. The highest BCUT2D eigenvalue weighted by atomic mass is 19.1. The van der Waals surface area contributed by atoms with Crippen LogP contribution >= 0.6 is 0 Å². The van der Waals surface area contributed by atoms with Crippen LogP contribution in [0.3, 0.4) is 0 Å². The van der Waals surface area contributed by atoms with Crippen LogP contribution in [-0.4, -0.2) is 30.9 Å². The standard InChI is InChI=1S/C20H24FNO4/c1-5-15-16(19(23)25-6-2)12(4)22-18(17(15)20(24)26-7-3)13-9-8-10-14(21)11-13/h8-11,15-16H,5-7H2,1-4H3. The number of rotatable bonds is 6. The van der Waals surface area contributed by atoms with Crippen molar-refractivity contribution in [2.45, 2.75) is 34.1 Å². The number of hydrogen-bond donors (Lipinski definition) is 0. The number of esters is 2. The molecule has 1 aromatic rings. The molecule has 5 nitrogen and oxygen atoms in total. The van der Waals surface area contributed by atoms with Crippen molar-refractivity contribution >= 4 is 23.3 Å². The number of ether oxygens (including phenoxy) is 2. The molecule has 0 aliphatic carbocycles. The van der Waals surface area contributed by atoms with E-state index in [1.807, 2.05) is 6.92 Å². The molecule has 26 heavy (non-hydrogen) atoms. The van der Waals surface area contributed by atoms with Crippen molar-refractivity contribution in [3.63, 3.8) is 0 Å². The minimum atomic E-state index is -0.656. The van der Waals surface area contributed by atoms with Gasteiger partial charge in [0.2, 0.25) is 0 Å². The van der Waals surface area contributed by atoms with Crippen LogP contribution in [0.15, 0.2) is 34.8 Å². The summed E-state index contributed by atoms with van der Waals surface area (Å²) >= 11 is 0. The number of nitrogens with zero attached hydrogens (tertiary/aromatic N) is 1. The SMILES string of the molecule is CCOC(=O)C1=C(c2cccc(F)c2)N=C(C)C(C(=O)OCC)C1CC. The maximum atomic E-state index is 13.7. The van der Waals surface area contributed by atoms with Crippen LogP contribution in [0.2, 0.25) is 0 Å². The van der Waals surface area contributed by atoms with E-state index in [0.717, 1.165) is 0 Å². The smallest absolute Gasteiger partial charge is 0.336 e. The van der Waals surface area contributed by atoms with E-state index in [-0.39, 0.29) is 13.2 Å². The molecular formula is C20H24FNO4. The van der Waals surface area contributed by atoms with Gasteiger partial charge in [0.25, 0.3) is 0 Å². The van der Waals surface area contributed by atoms with Crippen LogP contribution in [0.5, 0.6) is 0 Å². The topological polar surface area (TPSA) is 65.0 Å². The molecule has 0 amide bonds. The molecule has 0 bridgehead atoms. The molecule has 0 N–H and O–H groups in total. The number of halogens is 1. The minimum absolute atomic E-state index is 0.196. The van der Waals surface area contributed by atoms with Gasteiger partial charge in [0, 0.05) is 17.2 Å². The molecule has 0 fully saturated rings. The van der Waals surface area contributed by atoms with E-state index in [9.17, 15) is 14.0 Å². The summed E-state index contributed by atoms with van der Waals surface area (Å²) in [6.45, 7) is 7.50. The predicted octanol–water partition coefficient (Wildman–Crippen LogP) is 3.78. The van der Waals surface area contributed by atoms with Gasteiger partial charge in [-0.1, -0.05) is 19.1 Å². The zero-order chi connectivity index (χ0) is 19.3. The Morgan fingerprint density at radius 2 is 1.85 bits per heavy atom.